The lowest BCUT2D eigenvalue weighted by Crippen LogP contribution is -2.52. The molecule has 1 heterocycles. The van der Waals surface area contributed by atoms with Gasteiger partial charge in [0.25, 0.3) is 5.91 Å². The molecule has 0 spiro atoms. The minimum Gasteiger partial charge on any atom is -0.368 e. The first-order valence-electron chi connectivity index (χ1n) is 13.1. The summed E-state index contributed by atoms with van der Waals surface area (Å²) in [5.74, 6) is -0.982. The van der Waals surface area contributed by atoms with Crippen LogP contribution in [0.3, 0.4) is 0 Å². The molecular weight excluding hydrogens is 497 g/mol. The minimum atomic E-state index is -0.362. The van der Waals surface area contributed by atoms with Gasteiger partial charge in [-0.15, -0.1) is 0 Å². The average molecular weight is 532 g/mol. The summed E-state index contributed by atoms with van der Waals surface area (Å²) in [6, 6.07) is 22.2. The van der Waals surface area contributed by atoms with E-state index in [1.54, 1.807) is 36.4 Å². The molecule has 0 atom stereocenters. The summed E-state index contributed by atoms with van der Waals surface area (Å²) in [5.41, 5.74) is 2.82. The summed E-state index contributed by atoms with van der Waals surface area (Å²) in [7, 11) is 0. The number of carbonyl (C=O) groups excluding carboxylic acids is 3. The first kappa shape index (κ1) is 27.6. The van der Waals surface area contributed by atoms with Gasteiger partial charge in [-0.05, 0) is 67.9 Å². The predicted octanol–water partition coefficient (Wildman–Crippen LogP) is 4.35. The number of hydrogen-bond acceptors (Lipinski definition) is 4. The summed E-state index contributed by atoms with van der Waals surface area (Å²) >= 11 is 0. The smallest absolute Gasteiger partial charge is 0.317 e. The molecule has 1 saturated heterocycles. The van der Waals surface area contributed by atoms with Crippen LogP contribution in [-0.4, -0.2) is 66.4 Å². The Morgan fingerprint density at radius 3 is 2.13 bits per heavy atom. The van der Waals surface area contributed by atoms with Crippen LogP contribution in [0.4, 0.5) is 20.6 Å². The van der Waals surface area contributed by atoms with Gasteiger partial charge in [-0.1, -0.05) is 30.3 Å². The van der Waals surface area contributed by atoms with Gasteiger partial charge in [0.15, 0.2) is 0 Å². The second kappa shape index (κ2) is 12.9. The average Bonchev–Trinajstić information content (AvgIpc) is 2.94. The SMILES string of the molecule is CC(C)NC(=O)N1CCN(c2ccc(NC(=O)CN(Cc3ccc(F)cc3)C(=O)c3ccccc3)cc2)CC1. The van der Waals surface area contributed by atoms with Crippen LogP contribution in [0, 0.1) is 5.82 Å². The molecular formula is C30H34FN5O3. The summed E-state index contributed by atoms with van der Waals surface area (Å²) in [5, 5.41) is 5.80. The van der Waals surface area contributed by atoms with E-state index in [1.807, 2.05) is 49.1 Å². The Morgan fingerprint density at radius 2 is 1.51 bits per heavy atom. The van der Waals surface area contributed by atoms with Gasteiger partial charge < -0.3 is 25.3 Å². The maximum absolute atomic E-state index is 13.4. The highest BCUT2D eigenvalue weighted by atomic mass is 19.1. The Balaban J connectivity index is 1.36. The Hall–Kier alpha value is -4.40. The fourth-order valence-electron chi connectivity index (χ4n) is 4.41. The summed E-state index contributed by atoms with van der Waals surface area (Å²) in [6.45, 7) is 6.60. The lowest BCUT2D eigenvalue weighted by Gasteiger charge is -2.36. The monoisotopic (exact) mass is 531 g/mol. The third kappa shape index (κ3) is 7.80. The van der Waals surface area contributed by atoms with E-state index >= 15 is 0 Å². The van der Waals surface area contributed by atoms with Crippen LogP contribution >= 0.6 is 0 Å². The summed E-state index contributed by atoms with van der Waals surface area (Å²) < 4.78 is 13.4. The Kier molecular flexibility index (Phi) is 9.14. The zero-order chi connectivity index (χ0) is 27.8. The zero-order valence-corrected chi connectivity index (χ0v) is 22.3. The van der Waals surface area contributed by atoms with Crippen LogP contribution in [0.15, 0.2) is 78.9 Å². The van der Waals surface area contributed by atoms with E-state index in [-0.39, 0.29) is 42.8 Å². The Bertz CT molecular complexity index is 1260. The first-order valence-corrected chi connectivity index (χ1v) is 13.1. The Labute approximate surface area is 228 Å². The van der Waals surface area contributed by atoms with Crippen molar-refractivity contribution in [2.24, 2.45) is 0 Å². The highest BCUT2D eigenvalue weighted by Gasteiger charge is 2.22. The molecule has 1 fully saturated rings. The molecule has 0 unspecified atom stereocenters. The fourth-order valence-corrected chi connectivity index (χ4v) is 4.41. The molecule has 0 saturated carbocycles. The molecule has 1 aliphatic rings. The van der Waals surface area contributed by atoms with Gasteiger partial charge in [0.1, 0.15) is 12.4 Å². The molecule has 0 aromatic heterocycles. The second-order valence-corrected chi connectivity index (χ2v) is 9.83. The van der Waals surface area contributed by atoms with Crippen molar-refractivity contribution in [2.75, 3.05) is 42.9 Å². The number of anilines is 2. The maximum atomic E-state index is 13.4. The van der Waals surface area contributed by atoms with Crippen molar-refractivity contribution in [2.45, 2.75) is 26.4 Å². The van der Waals surface area contributed by atoms with Gasteiger partial charge >= 0.3 is 6.03 Å². The number of piperazine rings is 1. The van der Waals surface area contributed by atoms with Crippen molar-refractivity contribution < 1.29 is 18.8 Å². The van der Waals surface area contributed by atoms with E-state index in [4.69, 9.17) is 0 Å². The second-order valence-electron chi connectivity index (χ2n) is 9.83. The largest absolute Gasteiger partial charge is 0.368 e. The van der Waals surface area contributed by atoms with Crippen LogP contribution in [0.5, 0.6) is 0 Å². The van der Waals surface area contributed by atoms with Crippen molar-refractivity contribution in [3.63, 3.8) is 0 Å². The maximum Gasteiger partial charge on any atom is 0.317 e. The third-order valence-electron chi connectivity index (χ3n) is 6.42. The van der Waals surface area contributed by atoms with Crippen LogP contribution < -0.4 is 15.5 Å². The number of nitrogens with zero attached hydrogens (tertiary/aromatic N) is 3. The van der Waals surface area contributed by atoms with Crippen molar-refractivity contribution >= 4 is 29.2 Å². The van der Waals surface area contributed by atoms with Crippen molar-refractivity contribution in [1.29, 1.82) is 0 Å². The van der Waals surface area contributed by atoms with Crippen molar-refractivity contribution in [1.82, 2.24) is 15.1 Å². The molecule has 39 heavy (non-hydrogen) atoms. The number of hydrogen-bond donors (Lipinski definition) is 2. The number of benzene rings is 3. The van der Waals surface area contributed by atoms with Gasteiger partial charge in [0.2, 0.25) is 5.91 Å². The summed E-state index contributed by atoms with van der Waals surface area (Å²) in [4.78, 5) is 43.8. The molecule has 9 heteroatoms. The Morgan fingerprint density at radius 1 is 0.872 bits per heavy atom. The lowest BCUT2D eigenvalue weighted by atomic mass is 10.1. The molecule has 4 rings (SSSR count). The zero-order valence-electron chi connectivity index (χ0n) is 22.3. The standard InChI is InChI=1S/C30H34FN5O3/c1-22(2)32-30(39)35-18-16-34(17-19-35)27-14-12-26(13-15-27)33-28(37)21-36(20-23-8-10-25(31)11-9-23)29(38)24-6-4-3-5-7-24/h3-15,22H,16-21H2,1-2H3,(H,32,39)(H,33,37). The van der Waals surface area contributed by atoms with Gasteiger partial charge in [0, 0.05) is 55.7 Å². The van der Waals surface area contributed by atoms with Gasteiger partial charge in [-0.2, -0.15) is 0 Å². The van der Waals surface area contributed by atoms with E-state index in [2.05, 4.69) is 15.5 Å². The van der Waals surface area contributed by atoms with E-state index in [0.717, 1.165) is 24.3 Å². The first-order chi connectivity index (χ1) is 18.8. The van der Waals surface area contributed by atoms with Crippen LogP contribution in [-0.2, 0) is 11.3 Å². The number of urea groups is 1. The molecule has 1 aliphatic heterocycles. The predicted molar refractivity (Wildman–Crippen MR) is 150 cm³/mol. The lowest BCUT2D eigenvalue weighted by molar-refractivity contribution is -0.117. The molecule has 4 amide bonds. The molecule has 3 aromatic rings. The number of rotatable bonds is 8. The van der Waals surface area contributed by atoms with Crippen LogP contribution in [0.2, 0.25) is 0 Å². The highest BCUT2D eigenvalue weighted by Crippen LogP contribution is 2.20. The van der Waals surface area contributed by atoms with Crippen LogP contribution in [0.1, 0.15) is 29.8 Å². The topological polar surface area (TPSA) is 85.0 Å². The fraction of sp³-hybridized carbons (Fsp3) is 0.300. The van der Waals surface area contributed by atoms with Gasteiger partial charge in [-0.3, -0.25) is 9.59 Å². The van der Waals surface area contributed by atoms with E-state index in [9.17, 15) is 18.8 Å². The van der Waals surface area contributed by atoms with E-state index in [0.29, 0.717) is 24.3 Å². The number of halogens is 1. The van der Waals surface area contributed by atoms with Gasteiger partial charge in [-0.25, -0.2) is 9.18 Å². The normalized spacial score (nSPS) is 13.2. The number of amides is 4. The molecule has 8 nitrogen and oxygen atoms in total. The molecule has 204 valence electrons. The van der Waals surface area contributed by atoms with E-state index < -0.39 is 0 Å². The highest BCUT2D eigenvalue weighted by molar-refractivity contribution is 5.99. The third-order valence-corrected chi connectivity index (χ3v) is 6.42. The van der Waals surface area contributed by atoms with E-state index in [1.165, 1.54) is 17.0 Å². The molecule has 0 radical (unpaired) electrons. The van der Waals surface area contributed by atoms with Crippen LogP contribution in [0.25, 0.3) is 0 Å². The van der Waals surface area contributed by atoms with Crippen molar-refractivity contribution in [3.8, 4) is 0 Å². The molecule has 3 aromatic carbocycles. The quantitative estimate of drug-likeness (QED) is 0.453. The summed E-state index contributed by atoms with van der Waals surface area (Å²) in [6.07, 6.45) is 0. The molecule has 0 bridgehead atoms. The minimum absolute atomic E-state index is 0.0399. The molecule has 2 N–H and O–H groups in total. The van der Waals surface area contributed by atoms with Gasteiger partial charge in [0.05, 0.1) is 0 Å². The number of carbonyl (C=O) groups is 3. The van der Waals surface area contributed by atoms with Crippen molar-refractivity contribution in [3.05, 3.63) is 95.8 Å². The number of nitrogens with one attached hydrogen (secondary N) is 2. The molecule has 0 aliphatic carbocycles.